The molecule has 0 aliphatic heterocycles. The zero-order valence-electron chi connectivity index (χ0n) is 14.3. The maximum Gasteiger partial charge on any atom is 0.261 e. The monoisotopic (exact) mass is 378 g/mol. The van der Waals surface area contributed by atoms with Crippen LogP contribution in [-0.2, 0) is 10.0 Å². The Morgan fingerprint density at radius 3 is 2.40 bits per heavy atom. The number of thioether (sulfide) groups is 1. The number of hydrogen-bond donors (Lipinski definition) is 2. The Morgan fingerprint density at radius 2 is 1.76 bits per heavy atom. The predicted molar refractivity (Wildman–Crippen MR) is 103 cm³/mol. The number of sulfonamides is 1. The fourth-order valence-corrected chi connectivity index (χ4v) is 3.69. The number of para-hydroxylation sites is 1. The molecule has 0 atom stereocenters. The summed E-state index contributed by atoms with van der Waals surface area (Å²) in [5.41, 5.74) is 0.577. The molecule has 5 nitrogen and oxygen atoms in total. The standard InChI is InChI=1S/C18H22N2O3S2/c1-3-4-13-19-18(21)16-7-5-6-8-17(16)20-25(22,23)15-11-9-14(24-2)10-12-15/h5-12,20H,3-4,13H2,1-2H3,(H,19,21). The van der Waals surface area contributed by atoms with Gasteiger partial charge < -0.3 is 5.32 Å². The zero-order valence-corrected chi connectivity index (χ0v) is 15.9. The Bertz CT molecular complexity index is 818. The van der Waals surface area contributed by atoms with E-state index in [0.29, 0.717) is 12.1 Å². The number of benzene rings is 2. The summed E-state index contributed by atoms with van der Waals surface area (Å²) in [5, 5.41) is 2.80. The molecule has 7 heteroatoms. The van der Waals surface area contributed by atoms with Gasteiger partial charge in [0.05, 0.1) is 16.1 Å². The smallest absolute Gasteiger partial charge is 0.261 e. The van der Waals surface area contributed by atoms with Gasteiger partial charge in [0.25, 0.3) is 15.9 Å². The van der Waals surface area contributed by atoms with Crippen LogP contribution in [0.3, 0.4) is 0 Å². The van der Waals surface area contributed by atoms with E-state index in [0.717, 1.165) is 17.7 Å². The molecular formula is C18H22N2O3S2. The van der Waals surface area contributed by atoms with Crippen molar-refractivity contribution in [1.82, 2.24) is 5.32 Å². The summed E-state index contributed by atoms with van der Waals surface area (Å²) in [7, 11) is -3.76. The minimum absolute atomic E-state index is 0.159. The van der Waals surface area contributed by atoms with E-state index in [1.807, 2.05) is 13.2 Å². The van der Waals surface area contributed by atoms with Crippen molar-refractivity contribution < 1.29 is 13.2 Å². The SMILES string of the molecule is CCCCNC(=O)c1ccccc1NS(=O)(=O)c1ccc(SC)cc1. The molecule has 1 amide bonds. The van der Waals surface area contributed by atoms with Gasteiger partial charge >= 0.3 is 0 Å². The Kier molecular flexibility index (Phi) is 6.90. The Labute approximate surface area is 153 Å². The highest BCUT2D eigenvalue weighted by Gasteiger charge is 2.18. The van der Waals surface area contributed by atoms with Crippen LogP contribution in [0.15, 0.2) is 58.3 Å². The molecule has 25 heavy (non-hydrogen) atoms. The predicted octanol–water partition coefficient (Wildman–Crippen LogP) is 3.74. The number of anilines is 1. The molecule has 0 unspecified atom stereocenters. The summed E-state index contributed by atoms with van der Waals surface area (Å²) in [6.45, 7) is 2.60. The minimum atomic E-state index is -3.76. The van der Waals surface area contributed by atoms with Crippen molar-refractivity contribution in [2.75, 3.05) is 17.5 Å². The van der Waals surface area contributed by atoms with Gasteiger partial charge in [0, 0.05) is 11.4 Å². The van der Waals surface area contributed by atoms with Crippen LogP contribution in [-0.4, -0.2) is 27.1 Å². The highest BCUT2D eigenvalue weighted by atomic mass is 32.2. The summed E-state index contributed by atoms with van der Waals surface area (Å²) < 4.78 is 27.7. The number of carbonyl (C=O) groups is 1. The second kappa shape index (κ2) is 8.92. The number of unbranched alkanes of at least 4 members (excludes halogenated alkanes) is 1. The van der Waals surface area contributed by atoms with E-state index in [9.17, 15) is 13.2 Å². The van der Waals surface area contributed by atoms with Crippen molar-refractivity contribution in [1.29, 1.82) is 0 Å². The molecule has 0 radical (unpaired) electrons. The molecule has 0 aromatic heterocycles. The van der Waals surface area contributed by atoms with Crippen LogP contribution >= 0.6 is 11.8 Å². The lowest BCUT2D eigenvalue weighted by Crippen LogP contribution is -2.26. The highest BCUT2D eigenvalue weighted by molar-refractivity contribution is 7.98. The van der Waals surface area contributed by atoms with Gasteiger partial charge in [-0.25, -0.2) is 8.42 Å². The van der Waals surface area contributed by atoms with Crippen LogP contribution in [0.1, 0.15) is 30.1 Å². The van der Waals surface area contributed by atoms with E-state index in [1.54, 1.807) is 48.5 Å². The number of carbonyl (C=O) groups excluding carboxylic acids is 1. The second-order valence-electron chi connectivity index (χ2n) is 5.44. The third-order valence-electron chi connectivity index (χ3n) is 3.60. The van der Waals surface area contributed by atoms with E-state index >= 15 is 0 Å². The van der Waals surface area contributed by atoms with Crippen LogP contribution in [0.5, 0.6) is 0 Å². The van der Waals surface area contributed by atoms with Gasteiger partial charge in [-0.1, -0.05) is 25.5 Å². The Morgan fingerprint density at radius 1 is 1.08 bits per heavy atom. The molecule has 0 bridgehead atoms. The van der Waals surface area contributed by atoms with Crippen LogP contribution in [0.2, 0.25) is 0 Å². The van der Waals surface area contributed by atoms with Gasteiger partial charge in [0.15, 0.2) is 0 Å². The van der Waals surface area contributed by atoms with Crippen LogP contribution in [0, 0.1) is 0 Å². The molecule has 134 valence electrons. The molecule has 2 rings (SSSR count). The van der Waals surface area contributed by atoms with Crippen LogP contribution < -0.4 is 10.0 Å². The molecule has 0 heterocycles. The average molecular weight is 379 g/mol. The van der Waals surface area contributed by atoms with Crippen molar-refractivity contribution >= 4 is 33.4 Å². The second-order valence-corrected chi connectivity index (χ2v) is 8.00. The Hall–Kier alpha value is -1.99. The molecule has 2 N–H and O–H groups in total. The first-order chi connectivity index (χ1) is 12.0. The molecular weight excluding hydrogens is 356 g/mol. The zero-order chi connectivity index (χ0) is 18.3. The summed E-state index contributed by atoms with van der Waals surface area (Å²) in [4.78, 5) is 13.4. The number of hydrogen-bond acceptors (Lipinski definition) is 4. The van der Waals surface area contributed by atoms with E-state index in [1.165, 1.54) is 11.8 Å². The van der Waals surface area contributed by atoms with E-state index in [-0.39, 0.29) is 16.5 Å². The molecule has 0 saturated heterocycles. The Balaban J connectivity index is 2.22. The third-order valence-corrected chi connectivity index (χ3v) is 5.73. The first-order valence-corrected chi connectivity index (χ1v) is 10.7. The van der Waals surface area contributed by atoms with Crippen molar-refractivity contribution in [3.63, 3.8) is 0 Å². The van der Waals surface area contributed by atoms with Gasteiger partial charge in [-0.3, -0.25) is 9.52 Å². The number of nitrogens with one attached hydrogen (secondary N) is 2. The molecule has 0 spiro atoms. The fourth-order valence-electron chi connectivity index (χ4n) is 2.20. The van der Waals surface area contributed by atoms with Crippen molar-refractivity contribution in [3.8, 4) is 0 Å². The van der Waals surface area contributed by atoms with Crippen LogP contribution in [0.25, 0.3) is 0 Å². The summed E-state index contributed by atoms with van der Waals surface area (Å²) in [6.07, 6.45) is 3.77. The lowest BCUT2D eigenvalue weighted by molar-refractivity contribution is 0.0954. The van der Waals surface area contributed by atoms with Crippen LogP contribution in [0.4, 0.5) is 5.69 Å². The van der Waals surface area contributed by atoms with Gasteiger partial charge in [0.2, 0.25) is 0 Å². The molecule has 2 aromatic rings. The lowest BCUT2D eigenvalue weighted by Gasteiger charge is -2.13. The summed E-state index contributed by atoms with van der Waals surface area (Å²) >= 11 is 1.54. The van der Waals surface area contributed by atoms with Crippen molar-refractivity contribution in [3.05, 3.63) is 54.1 Å². The average Bonchev–Trinajstić information content (AvgIpc) is 2.62. The normalized spacial score (nSPS) is 11.1. The lowest BCUT2D eigenvalue weighted by atomic mass is 10.1. The van der Waals surface area contributed by atoms with Gasteiger partial charge in [-0.2, -0.15) is 0 Å². The third kappa shape index (κ3) is 5.24. The highest BCUT2D eigenvalue weighted by Crippen LogP contribution is 2.22. The van der Waals surface area contributed by atoms with Crippen molar-refractivity contribution in [2.24, 2.45) is 0 Å². The van der Waals surface area contributed by atoms with Gasteiger partial charge in [0.1, 0.15) is 0 Å². The van der Waals surface area contributed by atoms with Gasteiger partial charge in [-0.15, -0.1) is 11.8 Å². The molecule has 0 fully saturated rings. The van der Waals surface area contributed by atoms with Crippen molar-refractivity contribution in [2.45, 2.75) is 29.6 Å². The topological polar surface area (TPSA) is 75.3 Å². The maximum atomic E-state index is 12.6. The molecule has 0 aliphatic rings. The summed E-state index contributed by atoms with van der Waals surface area (Å²) in [5.74, 6) is -0.288. The maximum absolute atomic E-state index is 12.6. The number of rotatable bonds is 8. The molecule has 2 aromatic carbocycles. The molecule has 0 aliphatic carbocycles. The van der Waals surface area contributed by atoms with E-state index in [2.05, 4.69) is 10.0 Å². The largest absolute Gasteiger partial charge is 0.352 e. The minimum Gasteiger partial charge on any atom is -0.352 e. The quantitative estimate of drug-likeness (QED) is 0.542. The first-order valence-electron chi connectivity index (χ1n) is 8.02. The van der Waals surface area contributed by atoms with E-state index < -0.39 is 10.0 Å². The fraction of sp³-hybridized carbons (Fsp3) is 0.278. The van der Waals surface area contributed by atoms with Gasteiger partial charge in [-0.05, 0) is 49.1 Å². The summed E-state index contributed by atoms with van der Waals surface area (Å²) in [6, 6.07) is 13.2. The first kappa shape index (κ1) is 19.3. The molecule has 0 saturated carbocycles. The van der Waals surface area contributed by atoms with E-state index in [4.69, 9.17) is 0 Å². The number of amides is 1.